The fraction of sp³-hybridized carbons (Fsp3) is 0. The number of para-hydroxylation sites is 3. The number of hydrogen-bond acceptors (Lipinski definition) is 3. The lowest BCUT2D eigenvalue weighted by Gasteiger charge is -2.22. The lowest BCUT2D eigenvalue weighted by Crippen LogP contribution is -1.97. The average Bonchev–Trinajstić information content (AvgIpc) is 3.67. The molecule has 7 aromatic carbocycles. The van der Waals surface area contributed by atoms with Gasteiger partial charge in [0.25, 0.3) is 0 Å². The van der Waals surface area contributed by atoms with Crippen LogP contribution in [0.3, 0.4) is 0 Å². The Balaban J connectivity index is 1.13. The first-order chi connectivity index (χ1) is 22.3. The summed E-state index contributed by atoms with van der Waals surface area (Å²) in [5, 5.41) is 4.49. The number of rotatable bonds is 3. The van der Waals surface area contributed by atoms with Gasteiger partial charge in [-0.15, -0.1) is 0 Å². The van der Waals surface area contributed by atoms with E-state index < -0.39 is 0 Å². The molecule has 9 aromatic rings. The number of hydrogen-bond donors (Lipinski definition) is 0. The van der Waals surface area contributed by atoms with Crippen LogP contribution in [0, 0.1) is 0 Å². The molecule has 0 saturated carbocycles. The molecule has 45 heavy (non-hydrogen) atoms. The van der Waals surface area contributed by atoms with Gasteiger partial charge in [0.05, 0.1) is 16.7 Å². The van der Waals surface area contributed by atoms with Gasteiger partial charge >= 0.3 is 0 Å². The van der Waals surface area contributed by atoms with Crippen LogP contribution in [-0.4, -0.2) is 9.55 Å². The molecule has 0 bridgehead atoms. The van der Waals surface area contributed by atoms with Crippen molar-refractivity contribution in [1.82, 2.24) is 9.55 Å². The third-order valence-electron chi connectivity index (χ3n) is 9.02. The van der Waals surface area contributed by atoms with Crippen molar-refractivity contribution in [3.8, 4) is 50.8 Å². The van der Waals surface area contributed by atoms with Gasteiger partial charge in [0.1, 0.15) is 28.5 Å². The second-order valence-electron chi connectivity index (χ2n) is 11.6. The van der Waals surface area contributed by atoms with Gasteiger partial charge in [-0.2, -0.15) is 0 Å². The largest absolute Gasteiger partial charge is 0.456 e. The van der Waals surface area contributed by atoms with E-state index in [0.717, 1.165) is 89.0 Å². The molecule has 0 unspecified atom stereocenters. The zero-order valence-electron chi connectivity index (χ0n) is 24.1. The van der Waals surface area contributed by atoms with Gasteiger partial charge < -0.3 is 9.15 Å². The maximum atomic E-state index is 6.59. The van der Waals surface area contributed by atoms with Crippen LogP contribution in [0.25, 0.3) is 83.1 Å². The first kappa shape index (κ1) is 24.3. The Kier molecular flexibility index (Phi) is 4.96. The van der Waals surface area contributed by atoms with Gasteiger partial charge in [0.2, 0.25) is 0 Å². The summed E-state index contributed by atoms with van der Waals surface area (Å²) in [6.45, 7) is 0. The molecule has 0 aliphatic carbocycles. The van der Waals surface area contributed by atoms with Crippen LogP contribution in [0.2, 0.25) is 0 Å². The molecule has 1 aliphatic rings. The van der Waals surface area contributed by atoms with Gasteiger partial charge in [-0.25, -0.2) is 4.98 Å². The zero-order valence-corrected chi connectivity index (χ0v) is 24.1. The third kappa shape index (κ3) is 3.57. The molecular weight excluding hydrogens is 552 g/mol. The van der Waals surface area contributed by atoms with E-state index >= 15 is 0 Å². The molecule has 3 heterocycles. The summed E-state index contributed by atoms with van der Waals surface area (Å²) in [6.07, 6.45) is 0. The van der Waals surface area contributed by atoms with Gasteiger partial charge in [0.15, 0.2) is 0 Å². The van der Waals surface area contributed by atoms with Crippen molar-refractivity contribution in [2.24, 2.45) is 0 Å². The molecule has 0 spiro atoms. The summed E-state index contributed by atoms with van der Waals surface area (Å²) in [5.74, 6) is 2.69. The SMILES string of the molecule is c1ccc(-c2nc3ccccc3n2-c2ccc3c(c2)oc2cc(-c4ccc5c6c(cccc46)-c4ccccc4O5)ccc23)cc1. The minimum atomic E-state index is 0.846. The number of imidazole rings is 1. The smallest absolute Gasteiger partial charge is 0.145 e. The Bertz CT molecular complexity index is 2630. The maximum Gasteiger partial charge on any atom is 0.145 e. The Hall–Kier alpha value is -6.13. The molecule has 0 atom stereocenters. The molecule has 4 nitrogen and oxygen atoms in total. The highest BCUT2D eigenvalue weighted by atomic mass is 16.5. The predicted molar refractivity (Wildman–Crippen MR) is 182 cm³/mol. The van der Waals surface area contributed by atoms with Crippen molar-refractivity contribution in [2.75, 3.05) is 0 Å². The molecule has 0 fully saturated rings. The van der Waals surface area contributed by atoms with Gasteiger partial charge in [0, 0.05) is 33.4 Å². The van der Waals surface area contributed by atoms with E-state index in [2.05, 4.69) is 126 Å². The van der Waals surface area contributed by atoms with Crippen LogP contribution in [0.4, 0.5) is 0 Å². The Morgan fingerprint density at radius 1 is 0.489 bits per heavy atom. The van der Waals surface area contributed by atoms with Crippen molar-refractivity contribution < 1.29 is 9.15 Å². The van der Waals surface area contributed by atoms with E-state index in [1.807, 2.05) is 24.3 Å². The molecule has 0 N–H and O–H groups in total. The Morgan fingerprint density at radius 2 is 1.27 bits per heavy atom. The number of ether oxygens (including phenoxy) is 1. The number of aromatic nitrogens is 2. The van der Waals surface area contributed by atoms with E-state index in [-0.39, 0.29) is 0 Å². The van der Waals surface area contributed by atoms with Crippen LogP contribution in [-0.2, 0) is 0 Å². The van der Waals surface area contributed by atoms with E-state index in [1.54, 1.807) is 0 Å². The Morgan fingerprint density at radius 3 is 2.20 bits per heavy atom. The number of nitrogens with zero attached hydrogens (tertiary/aromatic N) is 2. The van der Waals surface area contributed by atoms with Crippen LogP contribution in [0.1, 0.15) is 0 Å². The molecule has 1 aliphatic heterocycles. The third-order valence-corrected chi connectivity index (χ3v) is 9.02. The monoisotopic (exact) mass is 576 g/mol. The molecular formula is C41H24N2O2. The lowest BCUT2D eigenvalue weighted by molar-refractivity contribution is 0.487. The van der Waals surface area contributed by atoms with Gasteiger partial charge in [-0.05, 0) is 70.6 Å². The number of benzene rings is 7. The van der Waals surface area contributed by atoms with Gasteiger partial charge in [-0.3, -0.25) is 4.57 Å². The average molecular weight is 577 g/mol. The van der Waals surface area contributed by atoms with Crippen molar-refractivity contribution in [2.45, 2.75) is 0 Å². The molecule has 2 aromatic heterocycles. The van der Waals surface area contributed by atoms with E-state index in [4.69, 9.17) is 14.1 Å². The zero-order chi connectivity index (χ0) is 29.5. The summed E-state index contributed by atoms with van der Waals surface area (Å²) < 4.78 is 15.1. The summed E-state index contributed by atoms with van der Waals surface area (Å²) in [5.41, 5.74) is 10.4. The number of furan rings is 1. The summed E-state index contributed by atoms with van der Waals surface area (Å²) in [6, 6.07) is 50.6. The second-order valence-corrected chi connectivity index (χ2v) is 11.6. The maximum absolute atomic E-state index is 6.59. The number of fused-ring (bicyclic) bond motifs is 6. The lowest BCUT2D eigenvalue weighted by atomic mass is 9.90. The fourth-order valence-corrected chi connectivity index (χ4v) is 6.97. The molecule has 0 saturated heterocycles. The first-order valence-electron chi connectivity index (χ1n) is 15.1. The molecule has 210 valence electrons. The quantitative estimate of drug-likeness (QED) is 0.210. The fourth-order valence-electron chi connectivity index (χ4n) is 6.97. The van der Waals surface area contributed by atoms with Crippen molar-refractivity contribution in [1.29, 1.82) is 0 Å². The van der Waals surface area contributed by atoms with E-state index in [9.17, 15) is 0 Å². The minimum absolute atomic E-state index is 0.846. The normalized spacial score (nSPS) is 12.2. The Labute approximate surface area is 258 Å². The topological polar surface area (TPSA) is 40.2 Å². The molecule has 0 radical (unpaired) electrons. The van der Waals surface area contributed by atoms with Gasteiger partial charge in [-0.1, -0.05) is 91.0 Å². The minimum Gasteiger partial charge on any atom is -0.456 e. The second kappa shape index (κ2) is 9.18. The van der Waals surface area contributed by atoms with Crippen LogP contribution in [0.5, 0.6) is 11.5 Å². The van der Waals surface area contributed by atoms with Crippen molar-refractivity contribution in [3.05, 3.63) is 146 Å². The summed E-state index contributed by atoms with van der Waals surface area (Å²) in [4.78, 5) is 5.01. The highest BCUT2D eigenvalue weighted by Gasteiger charge is 2.22. The van der Waals surface area contributed by atoms with E-state index in [0.29, 0.717) is 0 Å². The van der Waals surface area contributed by atoms with Crippen LogP contribution >= 0.6 is 0 Å². The highest BCUT2D eigenvalue weighted by molar-refractivity contribution is 6.11. The highest BCUT2D eigenvalue weighted by Crippen LogP contribution is 2.48. The summed E-state index contributed by atoms with van der Waals surface area (Å²) in [7, 11) is 0. The summed E-state index contributed by atoms with van der Waals surface area (Å²) >= 11 is 0. The van der Waals surface area contributed by atoms with Crippen molar-refractivity contribution in [3.63, 3.8) is 0 Å². The van der Waals surface area contributed by atoms with Crippen LogP contribution < -0.4 is 4.74 Å². The van der Waals surface area contributed by atoms with Crippen LogP contribution in [0.15, 0.2) is 150 Å². The van der Waals surface area contributed by atoms with E-state index in [1.165, 1.54) is 5.56 Å². The predicted octanol–water partition coefficient (Wildman–Crippen LogP) is 11.2. The van der Waals surface area contributed by atoms with Crippen molar-refractivity contribution >= 4 is 43.7 Å². The molecule has 4 heteroatoms. The molecule has 0 amide bonds. The standard InChI is InChI=1S/C41H24N2O2/c1-2-9-25(10-3-1)41-42-34-14-5-6-15-35(34)43(41)27-18-20-31-30-19-17-26(23-38(30)45-39(31)24-27)28-21-22-37-40-32(28)12-8-13-33(40)29-11-4-7-16-36(29)44-37/h1-24H. The first-order valence-corrected chi connectivity index (χ1v) is 15.1. The molecule has 10 rings (SSSR count).